The van der Waals surface area contributed by atoms with Crippen molar-refractivity contribution in [3.8, 4) is 6.07 Å². The molecule has 2 heterocycles. The van der Waals surface area contributed by atoms with Gasteiger partial charge in [0.15, 0.2) is 0 Å². The van der Waals surface area contributed by atoms with Gasteiger partial charge in [0.1, 0.15) is 6.07 Å². The maximum absolute atomic E-state index is 14.5. The number of fused-ring (bicyclic) bond motifs is 1. The van der Waals surface area contributed by atoms with Crippen LogP contribution >= 0.6 is 0 Å². The van der Waals surface area contributed by atoms with E-state index >= 15 is 0 Å². The van der Waals surface area contributed by atoms with Crippen LogP contribution in [-0.4, -0.2) is 26.3 Å². The predicted octanol–water partition coefficient (Wildman–Crippen LogP) is 6.84. The molecule has 0 spiro atoms. The van der Waals surface area contributed by atoms with Crippen molar-refractivity contribution in [2.75, 3.05) is 0 Å². The number of nitrogens with one attached hydrogen (secondary N) is 1. The molecule has 1 aliphatic rings. The van der Waals surface area contributed by atoms with Crippen molar-refractivity contribution in [2.45, 2.75) is 25.4 Å². The van der Waals surface area contributed by atoms with E-state index in [-0.39, 0.29) is 22.6 Å². The maximum atomic E-state index is 14.5. The number of H-pyrrole nitrogens is 1. The zero-order chi connectivity index (χ0) is 27.7. The molecule has 2 aromatic carbocycles. The number of aromatic amines is 1. The standard InChI is InChI=1S/C29H20F4N4O2/c30-28-22-13-19(9-10-23(22)36-37-28)25(18-7-4-16(5-8-18)6-11-24(38)39)26(17-2-1-3-17)27-20(14-34)12-21(15-35-27)29(31,32)33/h4-13,15,17H,1-3H2,(H,36,37)(H,38,39)/b11-6+,26-25+. The van der Waals surface area contributed by atoms with Gasteiger partial charge in [-0.25, -0.2) is 4.79 Å². The van der Waals surface area contributed by atoms with E-state index in [1.807, 2.05) is 6.07 Å². The molecule has 2 aromatic heterocycles. The number of pyridine rings is 1. The second-order valence-corrected chi connectivity index (χ2v) is 9.21. The first kappa shape index (κ1) is 25.9. The SMILES string of the molecule is N#Cc1cc(C(F)(F)F)cnc1/C(=C(\c1ccc(/C=C/C(=O)O)cc1)c1ccc2n[nH]c(F)c2c1)C1CCC1. The summed E-state index contributed by atoms with van der Waals surface area (Å²) in [5.41, 5.74) is 2.36. The Morgan fingerprint density at radius 2 is 1.82 bits per heavy atom. The number of halogens is 4. The normalized spacial score (nSPS) is 14.7. The minimum atomic E-state index is -4.66. The molecule has 0 aliphatic heterocycles. The molecule has 5 rings (SSSR count). The number of nitriles is 1. The number of carboxylic acids is 1. The number of carbonyl (C=O) groups is 1. The molecule has 2 N–H and O–H groups in total. The van der Waals surface area contributed by atoms with Gasteiger partial charge in [-0.1, -0.05) is 36.8 Å². The number of carboxylic acid groups (broad SMARTS) is 1. The van der Waals surface area contributed by atoms with Crippen LogP contribution < -0.4 is 0 Å². The number of benzene rings is 2. The molecule has 1 aliphatic carbocycles. The van der Waals surface area contributed by atoms with Gasteiger partial charge in [0.05, 0.1) is 27.7 Å². The molecule has 0 atom stereocenters. The zero-order valence-electron chi connectivity index (χ0n) is 20.3. The Morgan fingerprint density at radius 3 is 2.44 bits per heavy atom. The first-order valence-corrected chi connectivity index (χ1v) is 12.0. The van der Waals surface area contributed by atoms with Gasteiger partial charge in [0.25, 0.3) is 0 Å². The number of rotatable bonds is 6. The molecule has 1 saturated carbocycles. The third-order valence-electron chi connectivity index (χ3n) is 6.79. The largest absolute Gasteiger partial charge is 0.478 e. The van der Waals surface area contributed by atoms with Gasteiger partial charge in [-0.05, 0) is 70.9 Å². The Hall–Kier alpha value is -4.78. The summed E-state index contributed by atoms with van der Waals surface area (Å²) in [6, 6.07) is 14.6. The fraction of sp³-hybridized carbons (Fsp3) is 0.172. The molecule has 6 nitrogen and oxygen atoms in total. The summed E-state index contributed by atoms with van der Waals surface area (Å²) in [4.78, 5) is 15.1. The summed E-state index contributed by atoms with van der Waals surface area (Å²) in [5.74, 6) is -1.82. The highest BCUT2D eigenvalue weighted by molar-refractivity contribution is 6.01. The number of nitrogens with zero attached hydrogens (tertiary/aromatic N) is 3. The van der Waals surface area contributed by atoms with Crippen molar-refractivity contribution < 1.29 is 27.5 Å². The van der Waals surface area contributed by atoms with Crippen molar-refractivity contribution in [3.63, 3.8) is 0 Å². The smallest absolute Gasteiger partial charge is 0.417 e. The van der Waals surface area contributed by atoms with E-state index in [0.29, 0.717) is 33.4 Å². The average molecular weight is 532 g/mol. The molecule has 0 saturated heterocycles. The number of aromatic nitrogens is 3. The summed E-state index contributed by atoms with van der Waals surface area (Å²) >= 11 is 0. The predicted molar refractivity (Wildman–Crippen MR) is 136 cm³/mol. The summed E-state index contributed by atoms with van der Waals surface area (Å²) < 4.78 is 54.7. The van der Waals surface area contributed by atoms with Crippen LogP contribution in [0.25, 0.3) is 28.1 Å². The Labute approximate surface area is 219 Å². The van der Waals surface area contributed by atoms with E-state index in [4.69, 9.17) is 5.11 Å². The van der Waals surface area contributed by atoms with Crippen LogP contribution in [0.4, 0.5) is 17.6 Å². The number of allylic oxidation sites excluding steroid dienone is 1. The van der Waals surface area contributed by atoms with Crippen LogP contribution in [0, 0.1) is 23.2 Å². The van der Waals surface area contributed by atoms with Crippen LogP contribution in [0.3, 0.4) is 0 Å². The van der Waals surface area contributed by atoms with Crippen LogP contribution in [-0.2, 0) is 11.0 Å². The zero-order valence-corrected chi connectivity index (χ0v) is 20.3. The first-order valence-electron chi connectivity index (χ1n) is 12.0. The fourth-order valence-electron chi connectivity index (χ4n) is 4.67. The van der Waals surface area contributed by atoms with Gasteiger partial charge in [-0.2, -0.15) is 27.9 Å². The van der Waals surface area contributed by atoms with E-state index in [0.717, 1.165) is 37.6 Å². The van der Waals surface area contributed by atoms with E-state index in [9.17, 15) is 27.6 Å². The lowest BCUT2D eigenvalue weighted by molar-refractivity contribution is -0.138. The second-order valence-electron chi connectivity index (χ2n) is 9.21. The van der Waals surface area contributed by atoms with Crippen molar-refractivity contribution in [2.24, 2.45) is 5.92 Å². The molecular formula is C29H20F4N4O2. The van der Waals surface area contributed by atoms with Gasteiger partial charge >= 0.3 is 12.1 Å². The summed E-state index contributed by atoms with van der Waals surface area (Å²) in [6.45, 7) is 0. The number of alkyl halides is 3. The third kappa shape index (κ3) is 5.16. The monoisotopic (exact) mass is 532 g/mol. The number of hydrogen-bond donors (Lipinski definition) is 2. The van der Waals surface area contributed by atoms with Crippen molar-refractivity contribution >= 4 is 34.1 Å². The maximum Gasteiger partial charge on any atom is 0.417 e. The second kappa shape index (κ2) is 10.2. The van der Waals surface area contributed by atoms with E-state index < -0.39 is 23.7 Å². The summed E-state index contributed by atoms with van der Waals surface area (Å²) in [6.07, 6.45) is 0.891. The van der Waals surface area contributed by atoms with Crippen molar-refractivity contribution in [1.29, 1.82) is 5.26 Å². The molecule has 4 aromatic rings. The highest BCUT2D eigenvalue weighted by Gasteiger charge is 2.34. The first-order chi connectivity index (χ1) is 18.7. The van der Waals surface area contributed by atoms with Gasteiger partial charge in [-0.15, -0.1) is 0 Å². The van der Waals surface area contributed by atoms with Gasteiger partial charge in [0, 0.05) is 12.3 Å². The van der Waals surface area contributed by atoms with E-state index in [1.54, 1.807) is 42.5 Å². The molecule has 1 fully saturated rings. The Kier molecular flexibility index (Phi) is 6.74. The molecule has 0 radical (unpaired) electrons. The molecule has 10 heteroatoms. The quantitative estimate of drug-likeness (QED) is 0.209. The van der Waals surface area contributed by atoms with Gasteiger partial charge < -0.3 is 5.11 Å². The lowest BCUT2D eigenvalue weighted by atomic mass is 9.73. The third-order valence-corrected chi connectivity index (χ3v) is 6.79. The topological polar surface area (TPSA) is 103 Å². The van der Waals surface area contributed by atoms with Gasteiger partial charge in [0.2, 0.25) is 5.95 Å². The summed E-state index contributed by atoms with van der Waals surface area (Å²) in [5, 5.41) is 25.3. The minimum Gasteiger partial charge on any atom is -0.478 e. The van der Waals surface area contributed by atoms with Gasteiger partial charge in [-0.3, -0.25) is 10.1 Å². The molecule has 0 amide bonds. The number of aliphatic carboxylic acids is 1. The summed E-state index contributed by atoms with van der Waals surface area (Å²) in [7, 11) is 0. The molecule has 0 unspecified atom stereocenters. The van der Waals surface area contributed by atoms with Crippen LogP contribution in [0.2, 0.25) is 0 Å². The number of hydrogen-bond acceptors (Lipinski definition) is 4. The lowest BCUT2D eigenvalue weighted by Gasteiger charge is -2.31. The molecule has 196 valence electrons. The Bertz CT molecular complexity index is 1670. The van der Waals surface area contributed by atoms with Crippen LogP contribution in [0.5, 0.6) is 0 Å². The van der Waals surface area contributed by atoms with Crippen molar-refractivity contribution in [1.82, 2.24) is 15.2 Å². The van der Waals surface area contributed by atoms with E-state index in [2.05, 4.69) is 15.2 Å². The molecule has 0 bridgehead atoms. The average Bonchev–Trinajstić information content (AvgIpc) is 3.25. The highest BCUT2D eigenvalue weighted by atomic mass is 19.4. The van der Waals surface area contributed by atoms with Crippen LogP contribution in [0.15, 0.2) is 60.8 Å². The Balaban J connectivity index is 1.79. The van der Waals surface area contributed by atoms with E-state index in [1.165, 1.54) is 6.08 Å². The van der Waals surface area contributed by atoms with Crippen molar-refractivity contribution in [3.05, 3.63) is 100 Å². The molecular weight excluding hydrogens is 512 g/mol. The molecule has 39 heavy (non-hydrogen) atoms. The highest BCUT2D eigenvalue weighted by Crippen LogP contribution is 2.46. The van der Waals surface area contributed by atoms with Crippen LogP contribution in [0.1, 0.15) is 52.8 Å². The lowest BCUT2D eigenvalue weighted by Crippen LogP contribution is -2.17. The fourth-order valence-corrected chi connectivity index (χ4v) is 4.67. The Morgan fingerprint density at radius 1 is 1.10 bits per heavy atom. The minimum absolute atomic E-state index is 0.0900.